The SMILES string of the molecule is Cc1noc(-c2ccc(Nc3nn([C@H](CC#N)C4CC4)cc3C(N)=O)cc2)n1. The minimum absolute atomic E-state index is 0.0400. The zero-order chi connectivity index (χ0) is 19.7. The molecule has 1 fully saturated rings. The van der Waals surface area contributed by atoms with Crippen molar-refractivity contribution in [3.63, 3.8) is 0 Å². The third kappa shape index (κ3) is 3.57. The zero-order valence-electron chi connectivity index (χ0n) is 15.3. The number of nitrogens with zero attached hydrogens (tertiary/aromatic N) is 5. The van der Waals surface area contributed by atoms with Gasteiger partial charge in [0.05, 0.1) is 18.5 Å². The van der Waals surface area contributed by atoms with Crippen molar-refractivity contribution in [2.24, 2.45) is 11.7 Å². The lowest BCUT2D eigenvalue weighted by Gasteiger charge is -2.12. The van der Waals surface area contributed by atoms with Gasteiger partial charge in [-0.3, -0.25) is 9.48 Å². The highest BCUT2D eigenvalue weighted by atomic mass is 16.5. The number of amides is 1. The summed E-state index contributed by atoms with van der Waals surface area (Å²) in [6, 6.07) is 9.48. The Bertz CT molecular complexity index is 1040. The third-order valence-corrected chi connectivity index (χ3v) is 4.73. The third-order valence-electron chi connectivity index (χ3n) is 4.73. The summed E-state index contributed by atoms with van der Waals surface area (Å²) in [7, 11) is 0. The molecule has 1 saturated carbocycles. The number of anilines is 2. The molecule has 2 heterocycles. The molecule has 1 aliphatic carbocycles. The maximum absolute atomic E-state index is 11.9. The molecule has 4 rings (SSSR count). The monoisotopic (exact) mass is 377 g/mol. The van der Waals surface area contributed by atoms with Crippen molar-refractivity contribution >= 4 is 17.4 Å². The van der Waals surface area contributed by atoms with Crippen molar-refractivity contribution in [2.45, 2.75) is 32.2 Å². The lowest BCUT2D eigenvalue weighted by atomic mass is 10.1. The van der Waals surface area contributed by atoms with Crippen LogP contribution in [-0.2, 0) is 0 Å². The van der Waals surface area contributed by atoms with E-state index >= 15 is 0 Å². The highest BCUT2D eigenvalue weighted by Crippen LogP contribution is 2.41. The highest BCUT2D eigenvalue weighted by Gasteiger charge is 2.33. The Morgan fingerprint density at radius 2 is 2.18 bits per heavy atom. The number of primary amides is 1. The van der Waals surface area contributed by atoms with Gasteiger partial charge in [-0.05, 0) is 49.9 Å². The van der Waals surface area contributed by atoms with Crippen LogP contribution in [0.25, 0.3) is 11.5 Å². The van der Waals surface area contributed by atoms with Crippen molar-refractivity contribution in [2.75, 3.05) is 5.32 Å². The van der Waals surface area contributed by atoms with E-state index < -0.39 is 5.91 Å². The molecule has 0 spiro atoms. The number of hydrogen-bond donors (Lipinski definition) is 2. The molecule has 3 N–H and O–H groups in total. The Morgan fingerprint density at radius 1 is 1.43 bits per heavy atom. The van der Waals surface area contributed by atoms with E-state index in [-0.39, 0.29) is 6.04 Å². The number of benzene rings is 1. The molecule has 2 aromatic heterocycles. The molecule has 1 aromatic carbocycles. The van der Waals surface area contributed by atoms with Crippen LogP contribution in [0.15, 0.2) is 35.0 Å². The van der Waals surface area contributed by atoms with Crippen LogP contribution in [0.1, 0.15) is 41.5 Å². The second-order valence-electron chi connectivity index (χ2n) is 6.85. The van der Waals surface area contributed by atoms with Gasteiger partial charge in [0.15, 0.2) is 11.6 Å². The first-order valence-corrected chi connectivity index (χ1v) is 8.99. The fraction of sp³-hybridized carbons (Fsp3) is 0.316. The van der Waals surface area contributed by atoms with Crippen LogP contribution in [0.2, 0.25) is 0 Å². The molecule has 0 unspecified atom stereocenters. The zero-order valence-corrected chi connectivity index (χ0v) is 15.3. The molecule has 1 aliphatic rings. The van der Waals surface area contributed by atoms with Gasteiger partial charge < -0.3 is 15.6 Å². The number of carbonyl (C=O) groups excluding carboxylic acids is 1. The van der Waals surface area contributed by atoms with Crippen LogP contribution >= 0.6 is 0 Å². The highest BCUT2D eigenvalue weighted by molar-refractivity contribution is 5.98. The topological polar surface area (TPSA) is 136 Å². The Kier molecular flexibility index (Phi) is 4.53. The van der Waals surface area contributed by atoms with Gasteiger partial charge in [0, 0.05) is 17.4 Å². The quantitative estimate of drug-likeness (QED) is 0.646. The van der Waals surface area contributed by atoms with Gasteiger partial charge in [0.1, 0.15) is 5.56 Å². The summed E-state index contributed by atoms with van der Waals surface area (Å²) in [5, 5.41) is 20.5. The van der Waals surface area contributed by atoms with Crippen LogP contribution < -0.4 is 11.1 Å². The Labute approximate surface area is 161 Å². The van der Waals surface area contributed by atoms with E-state index in [9.17, 15) is 4.79 Å². The smallest absolute Gasteiger partial charge is 0.257 e. The van der Waals surface area contributed by atoms with Crippen LogP contribution in [0, 0.1) is 24.2 Å². The average Bonchev–Trinajstić information content (AvgIpc) is 3.29. The summed E-state index contributed by atoms with van der Waals surface area (Å²) in [5.74, 6) is 1.23. The first kappa shape index (κ1) is 17.7. The van der Waals surface area contributed by atoms with E-state index in [4.69, 9.17) is 15.5 Å². The van der Waals surface area contributed by atoms with Crippen LogP contribution in [0.5, 0.6) is 0 Å². The molecule has 142 valence electrons. The lowest BCUT2D eigenvalue weighted by molar-refractivity contribution is 0.100. The molecule has 3 aromatic rings. The minimum Gasteiger partial charge on any atom is -0.365 e. The van der Waals surface area contributed by atoms with E-state index in [0.717, 1.165) is 24.1 Å². The summed E-state index contributed by atoms with van der Waals surface area (Å²) in [4.78, 5) is 16.1. The minimum atomic E-state index is -0.571. The number of aryl methyl sites for hydroxylation is 1. The fourth-order valence-corrected chi connectivity index (χ4v) is 3.13. The lowest BCUT2D eigenvalue weighted by Crippen LogP contribution is -2.12. The molecule has 0 bridgehead atoms. The molecule has 0 aliphatic heterocycles. The molecule has 0 saturated heterocycles. The van der Waals surface area contributed by atoms with Crippen LogP contribution in [0.4, 0.5) is 11.5 Å². The Balaban J connectivity index is 1.58. The number of nitrogens with two attached hydrogens (primary N) is 1. The van der Waals surface area contributed by atoms with Gasteiger partial charge in [0.2, 0.25) is 0 Å². The summed E-state index contributed by atoms with van der Waals surface area (Å²) < 4.78 is 6.85. The van der Waals surface area contributed by atoms with Gasteiger partial charge in [-0.2, -0.15) is 15.3 Å². The van der Waals surface area contributed by atoms with Crippen molar-refractivity contribution in [3.8, 4) is 17.5 Å². The van der Waals surface area contributed by atoms with E-state index in [2.05, 4.69) is 26.6 Å². The summed E-state index contributed by atoms with van der Waals surface area (Å²) >= 11 is 0. The Hall–Kier alpha value is -3.67. The molecule has 9 heteroatoms. The molecule has 1 amide bonds. The summed E-state index contributed by atoms with van der Waals surface area (Å²) in [6.07, 6.45) is 4.11. The molecular weight excluding hydrogens is 358 g/mol. The average molecular weight is 377 g/mol. The number of carbonyl (C=O) groups is 1. The summed E-state index contributed by atoms with van der Waals surface area (Å²) in [5.41, 5.74) is 7.34. The maximum atomic E-state index is 11.9. The molecule has 0 radical (unpaired) electrons. The van der Waals surface area contributed by atoms with E-state index in [1.807, 2.05) is 24.3 Å². The standard InChI is InChI=1S/C19H19N7O2/c1-11-22-19(28-25-11)13-4-6-14(7-5-13)23-18-15(17(21)27)10-26(24-18)16(8-9-20)12-2-3-12/h4-7,10,12,16H,2-3,8H2,1H3,(H2,21,27)(H,23,24)/t16-/m1/s1. The maximum Gasteiger partial charge on any atom is 0.257 e. The molecule has 1 atom stereocenters. The second-order valence-corrected chi connectivity index (χ2v) is 6.85. The number of hydrogen-bond acceptors (Lipinski definition) is 7. The van der Waals surface area contributed by atoms with Crippen LogP contribution in [0.3, 0.4) is 0 Å². The van der Waals surface area contributed by atoms with Gasteiger partial charge in [-0.25, -0.2) is 0 Å². The largest absolute Gasteiger partial charge is 0.365 e. The first-order chi connectivity index (χ1) is 13.5. The predicted octanol–water partition coefficient (Wildman–Crippen LogP) is 2.95. The number of nitrogens with one attached hydrogen (secondary N) is 1. The van der Waals surface area contributed by atoms with Crippen molar-refractivity contribution < 1.29 is 9.32 Å². The Morgan fingerprint density at radius 3 is 2.75 bits per heavy atom. The van der Waals surface area contributed by atoms with Crippen molar-refractivity contribution in [1.82, 2.24) is 19.9 Å². The molecule has 28 heavy (non-hydrogen) atoms. The fourth-order valence-electron chi connectivity index (χ4n) is 3.13. The van der Waals surface area contributed by atoms with E-state index in [1.54, 1.807) is 17.8 Å². The van der Waals surface area contributed by atoms with Gasteiger partial charge in [-0.1, -0.05) is 5.16 Å². The van der Waals surface area contributed by atoms with E-state index in [1.165, 1.54) is 0 Å². The van der Waals surface area contributed by atoms with Crippen molar-refractivity contribution in [3.05, 3.63) is 41.9 Å². The number of nitriles is 1. The van der Waals surface area contributed by atoms with Gasteiger partial charge >= 0.3 is 0 Å². The second kappa shape index (κ2) is 7.15. The molecule has 9 nitrogen and oxygen atoms in total. The van der Waals surface area contributed by atoms with E-state index in [0.29, 0.717) is 35.4 Å². The van der Waals surface area contributed by atoms with Gasteiger partial charge in [0.25, 0.3) is 11.8 Å². The summed E-state index contributed by atoms with van der Waals surface area (Å²) in [6.45, 7) is 1.76. The van der Waals surface area contributed by atoms with Gasteiger partial charge in [-0.15, -0.1) is 0 Å². The van der Waals surface area contributed by atoms with Crippen molar-refractivity contribution in [1.29, 1.82) is 5.26 Å². The van der Waals surface area contributed by atoms with Crippen LogP contribution in [-0.4, -0.2) is 25.8 Å². The first-order valence-electron chi connectivity index (χ1n) is 8.99. The number of aromatic nitrogens is 4. The number of rotatable bonds is 7. The predicted molar refractivity (Wildman–Crippen MR) is 100 cm³/mol. The normalized spacial score (nSPS) is 14.4. The molecular formula is C19H19N7O2.